The molecule has 0 radical (unpaired) electrons. The molecule has 1 saturated heterocycles. The Morgan fingerprint density at radius 2 is 1.78 bits per heavy atom. The number of nitrogens with zero attached hydrogens (tertiary/aromatic N) is 3. The highest BCUT2D eigenvalue weighted by molar-refractivity contribution is 5.93. The van der Waals surface area contributed by atoms with Crippen molar-refractivity contribution in [1.82, 2.24) is 14.4 Å². The van der Waals surface area contributed by atoms with Crippen LogP contribution in [0.15, 0.2) is 36.4 Å². The number of piperazine rings is 1. The highest BCUT2D eigenvalue weighted by Gasteiger charge is 2.24. The molecule has 23 heavy (non-hydrogen) atoms. The molecular weight excluding hydrogens is 293 g/mol. The molecule has 1 aliphatic rings. The van der Waals surface area contributed by atoms with Crippen LogP contribution in [0.1, 0.15) is 21.7 Å². The van der Waals surface area contributed by atoms with Crippen molar-refractivity contribution in [2.75, 3.05) is 26.2 Å². The fourth-order valence-corrected chi connectivity index (χ4v) is 2.97. The zero-order chi connectivity index (χ0) is 16.4. The molecule has 1 amide bonds. The highest BCUT2D eigenvalue weighted by Crippen LogP contribution is 2.14. The average molecular weight is 315 g/mol. The molecule has 0 atom stereocenters. The summed E-state index contributed by atoms with van der Waals surface area (Å²) >= 11 is 0. The Morgan fingerprint density at radius 3 is 2.39 bits per heavy atom. The van der Waals surface area contributed by atoms with Crippen LogP contribution >= 0.6 is 0 Å². The second-order valence-electron chi connectivity index (χ2n) is 6.08. The fraction of sp³-hybridized carbons (Fsp3) is 0.389. The van der Waals surface area contributed by atoms with Crippen molar-refractivity contribution in [3.8, 4) is 0 Å². The van der Waals surface area contributed by atoms with Crippen LogP contribution in [0.4, 0.5) is 4.39 Å². The fourth-order valence-electron chi connectivity index (χ4n) is 2.97. The van der Waals surface area contributed by atoms with Gasteiger partial charge in [-0.15, -0.1) is 0 Å². The minimum atomic E-state index is -0.162. The predicted octanol–water partition coefficient (Wildman–Crippen LogP) is 2.43. The molecule has 1 aromatic carbocycles. The maximum atomic E-state index is 13.7. The molecule has 1 aliphatic heterocycles. The van der Waals surface area contributed by atoms with Crippen LogP contribution in [0, 0.1) is 12.7 Å². The normalized spacial score (nSPS) is 15.9. The second-order valence-corrected chi connectivity index (χ2v) is 6.08. The summed E-state index contributed by atoms with van der Waals surface area (Å²) in [6.45, 7) is 5.48. The van der Waals surface area contributed by atoms with Crippen molar-refractivity contribution in [1.29, 1.82) is 0 Å². The summed E-state index contributed by atoms with van der Waals surface area (Å²) in [6, 6.07) is 10.7. The third kappa shape index (κ3) is 3.29. The Labute approximate surface area is 136 Å². The van der Waals surface area contributed by atoms with Gasteiger partial charge in [-0.3, -0.25) is 9.69 Å². The Bertz CT molecular complexity index is 702. The van der Waals surface area contributed by atoms with Crippen molar-refractivity contribution in [3.63, 3.8) is 0 Å². The number of aryl methyl sites for hydroxylation is 1. The molecule has 0 aliphatic carbocycles. The maximum Gasteiger partial charge on any atom is 0.270 e. The molecule has 2 heterocycles. The van der Waals surface area contributed by atoms with Gasteiger partial charge in [0.15, 0.2) is 0 Å². The molecule has 0 unspecified atom stereocenters. The molecule has 1 fully saturated rings. The number of hydrogen-bond acceptors (Lipinski definition) is 2. The molecular formula is C18H22FN3O. The second kappa shape index (κ2) is 6.54. The van der Waals surface area contributed by atoms with Crippen molar-refractivity contribution < 1.29 is 9.18 Å². The van der Waals surface area contributed by atoms with Gasteiger partial charge in [0.25, 0.3) is 5.91 Å². The highest BCUT2D eigenvalue weighted by atomic mass is 19.1. The molecule has 0 saturated carbocycles. The number of amides is 1. The Balaban J connectivity index is 1.59. The minimum absolute atomic E-state index is 0.0751. The van der Waals surface area contributed by atoms with E-state index in [1.165, 1.54) is 6.07 Å². The summed E-state index contributed by atoms with van der Waals surface area (Å²) in [6.07, 6.45) is 0. The lowest BCUT2D eigenvalue weighted by molar-refractivity contribution is 0.0617. The quantitative estimate of drug-likeness (QED) is 0.870. The summed E-state index contributed by atoms with van der Waals surface area (Å²) in [4.78, 5) is 16.7. The zero-order valence-electron chi connectivity index (χ0n) is 13.6. The summed E-state index contributed by atoms with van der Waals surface area (Å²) in [5, 5.41) is 0. The van der Waals surface area contributed by atoms with Crippen LogP contribution in [-0.4, -0.2) is 46.5 Å². The van der Waals surface area contributed by atoms with E-state index < -0.39 is 0 Å². The van der Waals surface area contributed by atoms with E-state index in [1.54, 1.807) is 6.07 Å². The molecule has 3 rings (SSSR count). The molecule has 1 aromatic heterocycles. The lowest BCUT2D eigenvalue weighted by Gasteiger charge is -2.34. The van der Waals surface area contributed by atoms with E-state index in [0.29, 0.717) is 25.2 Å². The standard InChI is InChI=1S/C18H22FN3O/c1-14-7-8-17(20(14)2)18(23)22-11-9-21(10-12-22)13-15-5-3-4-6-16(15)19/h3-8H,9-13H2,1-2H3. The van der Waals surface area contributed by atoms with E-state index in [0.717, 1.165) is 24.5 Å². The first-order valence-electron chi connectivity index (χ1n) is 7.93. The largest absolute Gasteiger partial charge is 0.344 e. The first-order valence-corrected chi connectivity index (χ1v) is 7.93. The Morgan fingerprint density at radius 1 is 1.09 bits per heavy atom. The van der Waals surface area contributed by atoms with Crippen molar-refractivity contribution in [2.45, 2.75) is 13.5 Å². The smallest absolute Gasteiger partial charge is 0.270 e. The molecule has 5 heteroatoms. The molecule has 4 nitrogen and oxygen atoms in total. The van der Waals surface area contributed by atoms with Gasteiger partial charge in [-0.1, -0.05) is 18.2 Å². The molecule has 0 N–H and O–H groups in total. The summed E-state index contributed by atoms with van der Waals surface area (Å²) in [5.41, 5.74) is 2.52. The molecule has 122 valence electrons. The first kappa shape index (κ1) is 15.7. The summed E-state index contributed by atoms with van der Waals surface area (Å²) in [7, 11) is 1.91. The van der Waals surface area contributed by atoms with Crippen LogP contribution in [0.25, 0.3) is 0 Å². The zero-order valence-corrected chi connectivity index (χ0v) is 13.6. The predicted molar refractivity (Wildman–Crippen MR) is 87.7 cm³/mol. The Kier molecular flexibility index (Phi) is 4.48. The van der Waals surface area contributed by atoms with Gasteiger partial charge in [-0.05, 0) is 25.1 Å². The van der Waals surface area contributed by atoms with Crippen molar-refractivity contribution in [2.24, 2.45) is 7.05 Å². The number of benzene rings is 1. The van der Waals surface area contributed by atoms with Crippen LogP contribution in [-0.2, 0) is 13.6 Å². The van der Waals surface area contributed by atoms with Crippen molar-refractivity contribution >= 4 is 5.91 Å². The summed E-state index contributed by atoms with van der Waals surface area (Å²) < 4.78 is 15.6. The van der Waals surface area contributed by atoms with E-state index in [2.05, 4.69) is 4.90 Å². The monoisotopic (exact) mass is 315 g/mol. The SMILES string of the molecule is Cc1ccc(C(=O)N2CCN(Cc3ccccc3F)CC2)n1C. The third-order valence-electron chi connectivity index (χ3n) is 4.60. The molecule has 0 spiro atoms. The van der Waals surface area contributed by atoms with Gasteiger partial charge in [0, 0.05) is 51.0 Å². The van der Waals surface area contributed by atoms with Crippen LogP contribution in [0.5, 0.6) is 0 Å². The number of aromatic nitrogens is 1. The van der Waals surface area contributed by atoms with E-state index in [1.807, 2.05) is 47.7 Å². The minimum Gasteiger partial charge on any atom is -0.344 e. The van der Waals surface area contributed by atoms with E-state index in [-0.39, 0.29) is 11.7 Å². The average Bonchev–Trinajstić information content (AvgIpc) is 2.89. The number of carbonyl (C=O) groups is 1. The number of halogens is 1. The number of hydrogen-bond donors (Lipinski definition) is 0. The topological polar surface area (TPSA) is 28.5 Å². The van der Waals surface area contributed by atoms with Gasteiger partial charge >= 0.3 is 0 Å². The lowest BCUT2D eigenvalue weighted by Crippen LogP contribution is -2.48. The van der Waals surface area contributed by atoms with Gasteiger partial charge in [-0.2, -0.15) is 0 Å². The molecule has 0 bridgehead atoms. The first-order chi connectivity index (χ1) is 11.1. The van der Waals surface area contributed by atoms with E-state index in [9.17, 15) is 9.18 Å². The van der Waals surface area contributed by atoms with Gasteiger partial charge in [0.1, 0.15) is 11.5 Å². The van der Waals surface area contributed by atoms with E-state index >= 15 is 0 Å². The van der Waals surface area contributed by atoms with Crippen LogP contribution < -0.4 is 0 Å². The van der Waals surface area contributed by atoms with Gasteiger partial charge in [0.2, 0.25) is 0 Å². The number of rotatable bonds is 3. The van der Waals surface area contributed by atoms with Crippen molar-refractivity contribution in [3.05, 3.63) is 59.2 Å². The maximum absolute atomic E-state index is 13.7. The van der Waals surface area contributed by atoms with Crippen LogP contribution in [0.2, 0.25) is 0 Å². The summed E-state index contributed by atoms with van der Waals surface area (Å²) in [5.74, 6) is -0.0866. The van der Waals surface area contributed by atoms with Crippen LogP contribution in [0.3, 0.4) is 0 Å². The Hall–Kier alpha value is -2.14. The van der Waals surface area contributed by atoms with Gasteiger partial charge < -0.3 is 9.47 Å². The van der Waals surface area contributed by atoms with Gasteiger partial charge in [-0.25, -0.2) is 4.39 Å². The number of carbonyl (C=O) groups excluding carboxylic acids is 1. The third-order valence-corrected chi connectivity index (χ3v) is 4.60. The lowest BCUT2D eigenvalue weighted by atomic mass is 10.2. The van der Waals surface area contributed by atoms with Gasteiger partial charge in [0.05, 0.1) is 0 Å². The van der Waals surface area contributed by atoms with E-state index in [4.69, 9.17) is 0 Å². The molecule has 2 aromatic rings.